The summed E-state index contributed by atoms with van der Waals surface area (Å²) in [7, 11) is 5.14. The van der Waals surface area contributed by atoms with Crippen molar-refractivity contribution in [2.75, 3.05) is 46.3 Å². The molecule has 8 nitrogen and oxygen atoms in total. The van der Waals surface area contributed by atoms with Crippen LogP contribution < -0.4 is 14.8 Å². The van der Waals surface area contributed by atoms with Gasteiger partial charge in [-0.3, -0.25) is 14.5 Å². The van der Waals surface area contributed by atoms with Gasteiger partial charge in [-0.05, 0) is 37.1 Å². The van der Waals surface area contributed by atoms with Crippen molar-refractivity contribution in [3.05, 3.63) is 53.6 Å². The van der Waals surface area contributed by atoms with Gasteiger partial charge in [-0.25, -0.2) is 0 Å². The molecule has 0 unspecified atom stereocenters. The number of benzene rings is 2. The Balaban J connectivity index is 1.95. The van der Waals surface area contributed by atoms with E-state index in [0.29, 0.717) is 43.1 Å². The van der Waals surface area contributed by atoms with Crippen LogP contribution in [-0.4, -0.2) is 74.7 Å². The number of carbonyl (C=O) groups is 2. The molecule has 1 aliphatic rings. The molecule has 1 N–H and O–H groups in total. The first-order valence-corrected chi connectivity index (χ1v) is 12.5. The van der Waals surface area contributed by atoms with Gasteiger partial charge in [0, 0.05) is 57.5 Å². The lowest BCUT2D eigenvalue weighted by molar-refractivity contribution is -0.115. The van der Waals surface area contributed by atoms with E-state index in [9.17, 15) is 9.59 Å². The number of hydrogen-bond donors (Lipinski definition) is 1. The Bertz CT molecular complexity index is 1040. The van der Waals surface area contributed by atoms with Crippen LogP contribution in [0.5, 0.6) is 11.5 Å². The molecule has 0 saturated heterocycles. The molecule has 3 rings (SSSR count). The molecule has 8 heteroatoms. The molecule has 0 aliphatic carbocycles. The van der Waals surface area contributed by atoms with Crippen LogP contribution in [0.15, 0.2) is 42.5 Å². The Morgan fingerprint density at radius 1 is 1.14 bits per heavy atom. The van der Waals surface area contributed by atoms with Crippen molar-refractivity contribution in [3.63, 3.8) is 0 Å². The number of hydrogen-bond acceptors (Lipinski definition) is 6. The topological polar surface area (TPSA) is 80.3 Å². The fourth-order valence-electron chi connectivity index (χ4n) is 4.45. The predicted molar refractivity (Wildman–Crippen MR) is 141 cm³/mol. The predicted octanol–water partition coefficient (Wildman–Crippen LogP) is 4.05. The molecule has 3 atom stereocenters. The molecule has 2 aromatic rings. The number of fused-ring (bicyclic) bond motifs is 1. The van der Waals surface area contributed by atoms with Crippen molar-refractivity contribution in [2.45, 2.75) is 45.9 Å². The minimum atomic E-state index is -0.175. The molecule has 0 aromatic heterocycles. The summed E-state index contributed by atoms with van der Waals surface area (Å²) in [4.78, 5) is 29.4. The van der Waals surface area contributed by atoms with Gasteiger partial charge in [-0.15, -0.1) is 0 Å². The number of amides is 2. The summed E-state index contributed by atoms with van der Waals surface area (Å²) in [5.74, 6) is 1.21. The van der Waals surface area contributed by atoms with Crippen LogP contribution in [-0.2, 0) is 16.1 Å². The Morgan fingerprint density at radius 3 is 2.58 bits per heavy atom. The third kappa shape index (κ3) is 6.77. The number of anilines is 1. The van der Waals surface area contributed by atoms with Gasteiger partial charge in [0.1, 0.15) is 18.1 Å². The average Bonchev–Trinajstić information content (AvgIpc) is 2.89. The highest BCUT2D eigenvalue weighted by molar-refractivity contribution is 5.99. The van der Waals surface area contributed by atoms with Crippen LogP contribution in [0, 0.1) is 5.92 Å². The number of ether oxygens (including phenoxy) is 3. The highest BCUT2D eigenvalue weighted by atomic mass is 16.5. The quantitative estimate of drug-likeness (QED) is 0.649. The molecular weight excluding hydrogens is 458 g/mol. The molecule has 2 amide bonds. The largest absolute Gasteiger partial charge is 0.496 e. The first-order chi connectivity index (χ1) is 17.3. The zero-order chi connectivity index (χ0) is 26.2. The van der Waals surface area contributed by atoms with Crippen molar-refractivity contribution < 1.29 is 23.8 Å². The van der Waals surface area contributed by atoms with Crippen LogP contribution in [0.2, 0.25) is 0 Å². The van der Waals surface area contributed by atoms with Crippen LogP contribution >= 0.6 is 0 Å². The van der Waals surface area contributed by atoms with E-state index in [4.69, 9.17) is 14.2 Å². The fourth-order valence-corrected chi connectivity index (χ4v) is 4.45. The van der Waals surface area contributed by atoms with E-state index >= 15 is 0 Å². The van der Waals surface area contributed by atoms with Gasteiger partial charge in [-0.2, -0.15) is 0 Å². The fraction of sp³-hybridized carbons (Fsp3) is 0.500. The van der Waals surface area contributed by atoms with Crippen molar-refractivity contribution in [1.29, 1.82) is 0 Å². The summed E-state index contributed by atoms with van der Waals surface area (Å²) in [6, 6.07) is 13.3. The molecule has 2 aromatic carbocycles. The molecule has 0 bridgehead atoms. The number of para-hydroxylation sites is 1. The zero-order valence-electron chi connectivity index (χ0n) is 22.2. The Labute approximate surface area is 214 Å². The highest BCUT2D eigenvalue weighted by Gasteiger charge is 2.29. The van der Waals surface area contributed by atoms with E-state index in [2.05, 4.69) is 30.1 Å². The van der Waals surface area contributed by atoms with E-state index in [1.54, 1.807) is 51.3 Å². The van der Waals surface area contributed by atoms with Crippen LogP contribution in [0.1, 0.15) is 43.1 Å². The molecule has 1 aliphatic heterocycles. The first kappa shape index (κ1) is 27.5. The van der Waals surface area contributed by atoms with Gasteiger partial charge >= 0.3 is 0 Å². The Kier molecular flexibility index (Phi) is 9.73. The third-order valence-corrected chi connectivity index (χ3v) is 6.74. The van der Waals surface area contributed by atoms with Gasteiger partial charge in [0.15, 0.2) is 0 Å². The van der Waals surface area contributed by atoms with Crippen LogP contribution in [0.3, 0.4) is 0 Å². The standard InChI is InChI=1S/C28H39N3O5/c1-7-27(32)29-22-12-13-25-23(14-22)28(33)30(4)17-26(35-6)19(2)15-31(20(3)18-36-25)16-21-10-8-9-11-24(21)34-5/h8-14,19-20,26H,7,15-18H2,1-6H3,(H,29,32)/t19-,20+,26+/m1/s1. The van der Waals surface area contributed by atoms with Gasteiger partial charge in [-0.1, -0.05) is 32.0 Å². The minimum Gasteiger partial charge on any atom is -0.496 e. The van der Waals surface area contributed by atoms with Gasteiger partial charge in [0.25, 0.3) is 5.91 Å². The van der Waals surface area contributed by atoms with Crippen LogP contribution in [0.4, 0.5) is 5.69 Å². The lowest BCUT2D eigenvalue weighted by atomic mass is 10.0. The summed E-state index contributed by atoms with van der Waals surface area (Å²) in [5.41, 5.74) is 2.09. The monoisotopic (exact) mass is 497 g/mol. The van der Waals surface area contributed by atoms with Gasteiger partial charge in [0.2, 0.25) is 5.91 Å². The molecular formula is C28H39N3O5. The average molecular weight is 498 g/mol. The number of carbonyl (C=O) groups excluding carboxylic acids is 2. The maximum Gasteiger partial charge on any atom is 0.257 e. The van der Waals surface area contributed by atoms with Gasteiger partial charge in [0.05, 0.1) is 18.8 Å². The second-order valence-electron chi connectivity index (χ2n) is 9.45. The van der Waals surface area contributed by atoms with E-state index in [1.807, 2.05) is 18.2 Å². The molecule has 196 valence electrons. The van der Waals surface area contributed by atoms with E-state index in [1.165, 1.54) is 0 Å². The molecule has 0 spiro atoms. The van der Waals surface area contributed by atoms with Crippen LogP contribution in [0.25, 0.3) is 0 Å². The number of likely N-dealkylation sites (N-methyl/N-ethyl adjacent to an activating group) is 1. The number of nitrogens with one attached hydrogen (secondary N) is 1. The minimum absolute atomic E-state index is 0.0504. The molecule has 1 heterocycles. The Hall–Kier alpha value is -3.10. The van der Waals surface area contributed by atoms with Gasteiger partial charge < -0.3 is 24.4 Å². The summed E-state index contributed by atoms with van der Waals surface area (Å²) in [6.07, 6.45) is 0.201. The number of methoxy groups -OCH3 is 2. The SMILES string of the molecule is CCC(=O)Nc1ccc2c(c1)C(=O)N(C)C[C@H](OC)[C@H](C)CN(Cc1ccccc1OC)[C@@H](C)CO2. The zero-order valence-corrected chi connectivity index (χ0v) is 22.2. The lowest BCUT2D eigenvalue weighted by Gasteiger charge is -2.36. The number of nitrogens with zero attached hydrogens (tertiary/aromatic N) is 2. The lowest BCUT2D eigenvalue weighted by Crippen LogP contribution is -2.46. The maximum atomic E-state index is 13.4. The summed E-state index contributed by atoms with van der Waals surface area (Å²) < 4.78 is 17.7. The molecule has 36 heavy (non-hydrogen) atoms. The van der Waals surface area contributed by atoms with Crippen molar-refractivity contribution >= 4 is 17.5 Å². The van der Waals surface area contributed by atoms with Crippen molar-refractivity contribution in [2.24, 2.45) is 5.92 Å². The summed E-state index contributed by atoms with van der Waals surface area (Å²) in [5, 5.41) is 2.83. The molecule has 0 fully saturated rings. The van der Waals surface area contributed by atoms with Crippen molar-refractivity contribution in [3.8, 4) is 11.5 Å². The van der Waals surface area contributed by atoms with E-state index < -0.39 is 0 Å². The van der Waals surface area contributed by atoms with E-state index in [-0.39, 0.29) is 29.9 Å². The second kappa shape index (κ2) is 12.7. The molecule has 0 saturated carbocycles. The molecule has 0 radical (unpaired) electrons. The summed E-state index contributed by atoms with van der Waals surface area (Å²) >= 11 is 0. The summed E-state index contributed by atoms with van der Waals surface area (Å²) in [6.45, 7) is 8.33. The van der Waals surface area contributed by atoms with E-state index in [0.717, 1.165) is 17.9 Å². The Morgan fingerprint density at radius 2 is 1.89 bits per heavy atom. The first-order valence-electron chi connectivity index (χ1n) is 12.5. The second-order valence-corrected chi connectivity index (χ2v) is 9.45. The number of rotatable bonds is 6. The van der Waals surface area contributed by atoms with Crippen molar-refractivity contribution in [1.82, 2.24) is 9.80 Å². The third-order valence-electron chi connectivity index (χ3n) is 6.74. The smallest absolute Gasteiger partial charge is 0.257 e. The maximum absolute atomic E-state index is 13.4. The highest BCUT2D eigenvalue weighted by Crippen LogP contribution is 2.27. The normalized spacial score (nSPS) is 21.6.